The van der Waals surface area contributed by atoms with E-state index in [2.05, 4.69) is 0 Å². The van der Waals surface area contributed by atoms with Crippen LogP contribution in [0.15, 0.2) is 41.2 Å². The minimum absolute atomic E-state index is 0.0183. The third-order valence-electron chi connectivity index (χ3n) is 5.46. The molecule has 0 aliphatic heterocycles. The second-order valence-electron chi connectivity index (χ2n) is 8.23. The SMILES string of the molecule is CCOC(=O)c1ccc2c(c1)n(CC(F)(F)F)c(=O)n2[C@@H](CS(C)(=O)=O)c1ccc(OC)c(OCC)c1. The number of rotatable bonds is 10. The van der Waals surface area contributed by atoms with E-state index in [1.807, 2.05) is 0 Å². The zero-order valence-corrected chi connectivity index (χ0v) is 21.5. The summed E-state index contributed by atoms with van der Waals surface area (Å²) in [6.45, 7) is 1.98. The number of aromatic nitrogens is 2. The number of carbonyl (C=O) groups excluding carboxylic acids is 1. The number of sulfone groups is 1. The second-order valence-corrected chi connectivity index (χ2v) is 10.4. The Labute approximate surface area is 211 Å². The summed E-state index contributed by atoms with van der Waals surface area (Å²) in [5.74, 6) is -0.727. The van der Waals surface area contributed by atoms with Crippen molar-refractivity contribution in [2.75, 3.05) is 32.3 Å². The van der Waals surface area contributed by atoms with Crippen LogP contribution in [0.1, 0.15) is 35.8 Å². The Hall–Kier alpha value is -3.48. The average molecular weight is 545 g/mol. The third kappa shape index (κ3) is 6.45. The minimum atomic E-state index is -4.77. The van der Waals surface area contributed by atoms with Gasteiger partial charge in [0.05, 0.1) is 48.7 Å². The number of halogens is 3. The van der Waals surface area contributed by atoms with Crippen molar-refractivity contribution in [3.63, 3.8) is 0 Å². The third-order valence-corrected chi connectivity index (χ3v) is 6.38. The van der Waals surface area contributed by atoms with Gasteiger partial charge in [0, 0.05) is 6.26 Å². The number of alkyl halides is 3. The lowest BCUT2D eigenvalue weighted by Crippen LogP contribution is -2.34. The van der Waals surface area contributed by atoms with Gasteiger partial charge in [-0.1, -0.05) is 6.07 Å². The lowest BCUT2D eigenvalue weighted by molar-refractivity contribution is -0.140. The van der Waals surface area contributed by atoms with Crippen LogP contribution in [0.3, 0.4) is 0 Å². The van der Waals surface area contributed by atoms with Crippen LogP contribution in [0.5, 0.6) is 11.5 Å². The van der Waals surface area contributed by atoms with E-state index < -0.39 is 46.0 Å². The molecule has 13 heteroatoms. The van der Waals surface area contributed by atoms with Crippen molar-refractivity contribution in [3.8, 4) is 11.5 Å². The molecular formula is C24H27F3N2O7S. The Kier molecular flexibility index (Phi) is 8.25. The maximum absolute atomic E-state index is 13.5. The topological polar surface area (TPSA) is 106 Å². The van der Waals surface area contributed by atoms with Crippen LogP contribution in [0.2, 0.25) is 0 Å². The first kappa shape index (κ1) is 28.1. The highest BCUT2D eigenvalue weighted by molar-refractivity contribution is 7.90. The van der Waals surface area contributed by atoms with E-state index in [9.17, 15) is 31.2 Å². The van der Waals surface area contributed by atoms with Gasteiger partial charge >= 0.3 is 17.8 Å². The number of hydrogen-bond donors (Lipinski definition) is 0. The number of ether oxygens (including phenoxy) is 3. The van der Waals surface area contributed by atoms with Crippen molar-refractivity contribution in [2.24, 2.45) is 0 Å². The van der Waals surface area contributed by atoms with E-state index in [0.29, 0.717) is 15.9 Å². The molecule has 37 heavy (non-hydrogen) atoms. The number of methoxy groups -OCH3 is 1. The molecule has 1 heterocycles. The van der Waals surface area contributed by atoms with Crippen molar-refractivity contribution < 1.29 is 40.6 Å². The van der Waals surface area contributed by atoms with Crippen molar-refractivity contribution in [3.05, 3.63) is 58.0 Å². The zero-order chi connectivity index (χ0) is 27.5. The van der Waals surface area contributed by atoms with E-state index in [0.717, 1.165) is 16.9 Å². The predicted octanol–water partition coefficient (Wildman–Crippen LogP) is 3.58. The molecule has 2 aromatic carbocycles. The Bertz CT molecular complexity index is 1460. The average Bonchev–Trinajstić information content (AvgIpc) is 3.06. The molecule has 0 saturated carbocycles. The van der Waals surface area contributed by atoms with Crippen LogP contribution in [0.25, 0.3) is 11.0 Å². The number of nitrogens with zero attached hydrogens (tertiary/aromatic N) is 2. The number of fused-ring (bicyclic) bond motifs is 1. The molecule has 3 aromatic rings. The molecule has 1 aromatic heterocycles. The lowest BCUT2D eigenvalue weighted by Gasteiger charge is -2.20. The number of esters is 1. The van der Waals surface area contributed by atoms with Gasteiger partial charge in [-0.3, -0.25) is 9.13 Å². The number of carbonyl (C=O) groups is 1. The molecule has 3 rings (SSSR count). The molecule has 0 unspecified atom stereocenters. The molecule has 1 atom stereocenters. The summed E-state index contributed by atoms with van der Waals surface area (Å²) in [7, 11) is -2.32. The summed E-state index contributed by atoms with van der Waals surface area (Å²) in [5, 5.41) is 0. The number of imidazole rings is 1. The minimum Gasteiger partial charge on any atom is -0.493 e. The Balaban J connectivity index is 2.35. The molecule has 0 amide bonds. The smallest absolute Gasteiger partial charge is 0.406 e. The van der Waals surface area contributed by atoms with E-state index >= 15 is 0 Å². The molecule has 0 bridgehead atoms. The van der Waals surface area contributed by atoms with Crippen molar-refractivity contribution in [2.45, 2.75) is 32.6 Å². The van der Waals surface area contributed by atoms with Gasteiger partial charge in [-0.25, -0.2) is 18.0 Å². The predicted molar refractivity (Wildman–Crippen MR) is 130 cm³/mol. The van der Waals surface area contributed by atoms with Crippen LogP contribution >= 0.6 is 0 Å². The highest BCUT2D eigenvalue weighted by Gasteiger charge is 2.33. The first-order valence-electron chi connectivity index (χ1n) is 11.3. The molecule has 202 valence electrons. The molecule has 0 aliphatic carbocycles. The highest BCUT2D eigenvalue weighted by atomic mass is 32.2. The summed E-state index contributed by atoms with van der Waals surface area (Å²) in [6.07, 6.45) is -3.80. The first-order valence-corrected chi connectivity index (χ1v) is 13.3. The summed E-state index contributed by atoms with van der Waals surface area (Å²) in [4.78, 5) is 25.7. The maximum atomic E-state index is 13.5. The van der Waals surface area contributed by atoms with Crippen LogP contribution in [-0.2, 0) is 21.1 Å². The maximum Gasteiger partial charge on any atom is 0.406 e. The Morgan fingerprint density at radius 2 is 1.73 bits per heavy atom. The van der Waals surface area contributed by atoms with E-state index in [1.165, 1.54) is 37.4 Å². The summed E-state index contributed by atoms with van der Waals surface area (Å²) < 4.78 is 82.4. The van der Waals surface area contributed by atoms with Gasteiger partial charge in [-0.05, 0) is 49.7 Å². The molecule has 0 fully saturated rings. The zero-order valence-electron chi connectivity index (χ0n) is 20.7. The number of benzene rings is 2. The van der Waals surface area contributed by atoms with Gasteiger partial charge < -0.3 is 14.2 Å². The quantitative estimate of drug-likeness (QED) is 0.359. The Morgan fingerprint density at radius 1 is 1.03 bits per heavy atom. The monoisotopic (exact) mass is 544 g/mol. The van der Waals surface area contributed by atoms with Crippen molar-refractivity contribution in [1.82, 2.24) is 9.13 Å². The van der Waals surface area contributed by atoms with Gasteiger partial charge in [-0.2, -0.15) is 13.2 Å². The molecule has 0 radical (unpaired) electrons. The second kappa shape index (κ2) is 10.9. The van der Waals surface area contributed by atoms with Gasteiger partial charge in [0.25, 0.3) is 0 Å². The first-order chi connectivity index (χ1) is 17.3. The van der Waals surface area contributed by atoms with Crippen LogP contribution in [0, 0.1) is 0 Å². The fourth-order valence-corrected chi connectivity index (χ4v) is 4.94. The lowest BCUT2D eigenvalue weighted by atomic mass is 10.1. The standard InChI is InChI=1S/C24H27F3N2O7S/c1-5-35-21-12-15(8-10-20(21)34-3)19(13-37(4,32)33)29-17-9-7-16(22(30)36-6-2)11-18(17)28(23(29)31)14-24(25,26)27/h7-12,19H,5-6,13-14H2,1-4H3/t19-/m0/s1. The van der Waals surface area contributed by atoms with Crippen LogP contribution in [0.4, 0.5) is 13.2 Å². The fraction of sp³-hybridized carbons (Fsp3) is 0.417. The molecule has 9 nitrogen and oxygen atoms in total. The van der Waals surface area contributed by atoms with E-state index in [1.54, 1.807) is 13.8 Å². The van der Waals surface area contributed by atoms with Crippen molar-refractivity contribution >= 4 is 26.8 Å². The fourth-order valence-electron chi connectivity index (χ4n) is 4.03. The van der Waals surface area contributed by atoms with Crippen molar-refractivity contribution in [1.29, 1.82) is 0 Å². The van der Waals surface area contributed by atoms with Gasteiger partial charge in [-0.15, -0.1) is 0 Å². The molecule has 0 N–H and O–H groups in total. The molecule has 0 saturated heterocycles. The van der Waals surface area contributed by atoms with Gasteiger partial charge in [0.15, 0.2) is 11.5 Å². The van der Waals surface area contributed by atoms with Crippen LogP contribution < -0.4 is 15.2 Å². The molecule has 0 aliphatic rings. The largest absolute Gasteiger partial charge is 0.493 e. The highest BCUT2D eigenvalue weighted by Crippen LogP contribution is 2.33. The van der Waals surface area contributed by atoms with Gasteiger partial charge in [0.1, 0.15) is 16.4 Å². The van der Waals surface area contributed by atoms with Crippen LogP contribution in [-0.4, -0.2) is 62.0 Å². The summed E-state index contributed by atoms with van der Waals surface area (Å²) in [5.41, 5.74) is -1.01. The van der Waals surface area contributed by atoms with Gasteiger partial charge in [0.2, 0.25) is 0 Å². The van der Waals surface area contributed by atoms with E-state index in [-0.39, 0.29) is 35.6 Å². The van der Waals surface area contributed by atoms with E-state index in [4.69, 9.17) is 14.2 Å². The number of hydrogen-bond acceptors (Lipinski definition) is 7. The summed E-state index contributed by atoms with van der Waals surface area (Å²) >= 11 is 0. The Morgan fingerprint density at radius 3 is 2.30 bits per heavy atom. The molecular weight excluding hydrogens is 517 g/mol. The normalized spacial score (nSPS) is 12.9. The summed E-state index contributed by atoms with van der Waals surface area (Å²) in [6, 6.07) is 7.07. The molecule has 0 spiro atoms.